The molecule has 4 bridgehead atoms. The predicted octanol–water partition coefficient (Wildman–Crippen LogP) is 3.12. The number of carbonyl (C=O) groups excluding carboxylic acids is 1. The SMILES string of the molecule is Nc1ccnn1C(=O)C1CCC2(CC1)OOC1(O2)C2CC3CC(C2)CC1C3. The Kier molecular flexibility index (Phi) is 3.39. The van der Waals surface area contributed by atoms with Gasteiger partial charge in [0.1, 0.15) is 5.82 Å². The molecule has 6 fully saturated rings. The molecule has 146 valence electrons. The first-order chi connectivity index (χ1) is 13.1. The molecule has 5 saturated carbocycles. The Morgan fingerprint density at radius 1 is 1.07 bits per heavy atom. The number of hydrogen-bond donors (Lipinski definition) is 1. The molecule has 5 aliphatic carbocycles. The highest BCUT2D eigenvalue weighted by Gasteiger charge is 2.66. The Balaban J connectivity index is 1.17. The summed E-state index contributed by atoms with van der Waals surface area (Å²) in [6.07, 6.45) is 10.6. The van der Waals surface area contributed by atoms with E-state index in [0.29, 0.717) is 43.3 Å². The molecule has 2 N–H and O–H groups in total. The summed E-state index contributed by atoms with van der Waals surface area (Å²) < 4.78 is 8.01. The molecule has 1 saturated heterocycles. The Hall–Kier alpha value is -1.44. The van der Waals surface area contributed by atoms with Gasteiger partial charge in [0, 0.05) is 36.7 Å². The van der Waals surface area contributed by atoms with Crippen molar-refractivity contribution in [3.8, 4) is 0 Å². The minimum absolute atomic E-state index is 0.0318. The lowest BCUT2D eigenvalue weighted by Crippen LogP contribution is -2.59. The Morgan fingerprint density at radius 2 is 1.74 bits per heavy atom. The van der Waals surface area contributed by atoms with Crippen LogP contribution in [0.15, 0.2) is 12.3 Å². The van der Waals surface area contributed by atoms with Crippen LogP contribution in [0.25, 0.3) is 0 Å². The maximum absolute atomic E-state index is 12.7. The molecule has 1 aromatic heterocycles. The number of ether oxygens (including phenoxy) is 1. The van der Waals surface area contributed by atoms with Gasteiger partial charge in [-0.15, -0.1) is 0 Å². The van der Waals surface area contributed by atoms with Gasteiger partial charge >= 0.3 is 0 Å². The van der Waals surface area contributed by atoms with Crippen molar-refractivity contribution in [2.75, 3.05) is 5.73 Å². The zero-order chi connectivity index (χ0) is 18.2. The van der Waals surface area contributed by atoms with Crippen molar-refractivity contribution in [2.45, 2.75) is 69.4 Å². The average Bonchev–Trinajstić information content (AvgIpc) is 3.25. The summed E-state index contributed by atoms with van der Waals surface area (Å²) in [5, 5.41) is 4.05. The van der Waals surface area contributed by atoms with Gasteiger partial charge in [0.2, 0.25) is 11.6 Å². The zero-order valence-electron chi connectivity index (χ0n) is 15.5. The smallest absolute Gasteiger partial charge is 0.251 e. The molecule has 1 aromatic rings. The molecular weight excluding hydrogens is 346 g/mol. The van der Waals surface area contributed by atoms with E-state index in [9.17, 15) is 4.79 Å². The van der Waals surface area contributed by atoms with Crippen molar-refractivity contribution in [1.82, 2.24) is 9.78 Å². The van der Waals surface area contributed by atoms with Crippen LogP contribution in [0.4, 0.5) is 5.82 Å². The summed E-state index contributed by atoms with van der Waals surface area (Å²) in [6.45, 7) is 0. The monoisotopic (exact) mass is 373 g/mol. The van der Waals surface area contributed by atoms with Crippen molar-refractivity contribution >= 4 is 11.7 Å². The molecule has 27 heavy (non-hydrogen) atoms. The maximum atomic E-state index is 12.7. The van der Waals surface area contributed by atoms with Gasteiger partial charge in [-0.05, 0) is 56.8 Å². The number of hydrogen-bond acceptors (Lipinski definition) is 6. The molecule has 0 unspecified atom stereocenters. The highest BCUT2D eigenvalue weighted by molar-refractivity contribution is 5.83. The van der Waals surface area contributed by atoms with Crippen LogP contribution in [0, 0.1) is 29.6 Å². The molecule has 0 amide bonds. The number of anilines is 1. The number of nitrogens with zero attached hydrogens (tertiary/aromatic N) is 2. The second kappa shape index (κ2) is 5.55. The van der Waals surface area contributed by atoms with Crippen LogP contribution in [-0.2, 0) is 14.5 Å². The van der Waals surface area contributed by atoms with E-state index >= 15 is 0 Å². The number of carbonyl (C=O) groups is 1. The normalized spacial score (nSPS) is 47.9. The standard InChI is InChI=1S/C20H27N3O4/c21-17-3-6-22-23(17)18(24)14-1-4-19(5-2-14)25-20(27-26-19)15-8-12-7-13(10-15)11-16(20)9-12/h3,6,12-16H,1-2,4-5,7-11,21H2. The predicted molar refractivity (Wildman–Crippen MR) is 95.0 cm³/mol. The number of nitrogen functional groups attached to an aromatic ring is 1. The van der Waals surface area contributed by atoms with E-state index in [-0.39, 0.29) is 11.8 Å². The molecule has 2 spiro atoms. The molecule has 7 nitrogen and oxygen atoms in total. The third kappa shape index (κ3) is 2.31. The number of aromatic nitrogens is 2. The third-order valence-corrected chi connectivity index (χ3v) is 7.92. The lowest BCUT2D eigenvalue weighted by molar-refractivity contribution is -0.390. The van der Waals surface area contributed by atoms with Crippen LogP contribution in [0.3, 0.4) is 0 Å². The molecule has 6 aliphatic rings. The van der Waals surface area contributed by atoms with E-state index in [1.54, 1.807) is 12.3 Å². The Morgan fingerprint density at radius 3 is 2.33 bits per heavy atom. The minimum atomic E-state index is -0.679. The topological polar surface area (TPSA) is 88.6 Å². The van der Waals surface area contributed by atoms with Gasteiger partial charge in [-0.25, -0.2) is 0 Å². The summed E-state index contributed by atoms with van der Waals surface area (Å²) in [4.78, 5) is 24.7. The minimum Gasteiger partial charge on any atom is -0.383 e. The average molecular weight is 373 g/mol. The molecule has 1 aliphatic heterocycles. The molecule has 7 heteroatoms. The van der Waals surface area contributed by atoms with Crippen molar-refractivity contribution in [3.63, 3.8) is 0 Å². The van der Waals surface area contributed by atoms with Crippen molar-refractivity contribution in [1.29, 1.82) is 0 Å². The molecular formula is C20H27N3O4. The van der Waals surface area contributed by atoms with Crippen LogP contribution >= 0.6 is 0 Å². The molecule has 7 rings (SSSR count). The van der Waals surface area contributed by atoms with E-state index in [2.05, 4.69) is 5.10 Å². The van der Waals surface area contributed by atoms with Crippen LogP contribution in [0.5, 0.6) is 0 Å². The molecule has 0 atom stereocenters. The van der Waals surface area contributed by atoms with E-state index in [0.717, 1.165) is 11.8 Å². The largest absolute Gasteiger partial charge is 0.383 e. The fourth-order valence-corrected chi connectivity index (χ4v) is 6.77. The summed E-state index contributed by atoms with van der Waals surface area (Å²) in [6, 6.07) is 1.65. The van der Waals surface area contributed by atoms with E-state index < -0.39 is 11.6 Å². The molecule has 2 heterocycles. The van der Waals surface area contributed by atoms with Crippen molar-refractivity contribution < 1.29 is 19.3 Å². The summed E-state index contributed by atoms with van der Waals surface area (Å²) in [7, 11) is 0. The zero-order valence-corrected chi connectivity index (χ0v) is 15.5. The highest BCUT2D eigenvalue weighted by atomic mass is 17.3. The van der Waals surface area contributed by atoms with Crippen LogP contribution in [-0.4, -0.2) is 27.3 Å². The fourth-order valence-electron chi connectivity index (χ4n) is 6.77. The first-order valence-corrected chi connectivity index (χ1v) is 10.5. The van der Waals surface area contributed by atoms with Gasteiger partial charge in [-0.1, -0.05) is 0 Å². The van der Waals surface area contributed by atoms with Crippen molar-refractivity contribution in [2.24, 2.45) is 29.6 Å². The summed E-state index contributed by atoms with van der Waals surface area (Å²) >= 11 is 0. The summed E-state index contributed by atoms with van der Waals surface area (Å²) in [5.41, 5.74) is 5.83. The Bertz CT molecular complexity index is 739. The van der Waals surface area contributed by atoms with Gasteiger partial charge in [-0.2, -0.15) is 19.6 Å². The molecule has 0 radical (unpaired) electrons. The first-order valence-electron chi connectivity index (χ1n) is 10.5. The molecule has 0 aromatic carbocycles. The highest BCUT2D eigenvalue weighted by Crippen LogP contribution is 2.63. The van der Waals surface area contributed by atoms with Gasteiger partial charge < -0.3 is 10.5 Å². The fraction of sp³-hybridized carbons (Fsp3) is 0.800. The lowest BCUT2D eigenvalue weighted by atomic mass is 9.53. The third-order valence-electron chi connectivity index (χ3n) is 7.92. The van der Waals surface area contributed by atoms with Crippen LogP contribution < -0.4 is 5.73 Å². The van der Waals surface area contributed by atoms with Gasteiger partial charge in [0.05, 0.1) is 6.20 Å². The maximum Gasteiger partial charge on any atom is 0.251 e. The second-order valence-electron chi connectivity index (χ2n) is 9.49. The second-order valence-corrected chi connectivity index (χ2v) is 9.49. The van der Waals surface area contributed by atoms with E-state index in [1.165, 1.54) is 36.8 Å². The van der Waals surface area contributed by atoms with Crippen LogP contribution in [0.1, 0.15) is 62.6 Å². The van der Waals surface area contributed by atoms with Gasteiger partial charge in [0.15, 0.2) is 0 Å². The number of rotatable bonds is 1. The lowest BCUT2D eigenvalue weighted by Gasteiger charge is -2.57. The summed E-state index contributed by atoms with van der Waals surface area (Å²) in [5.74, 6) is 1.70. The number of nitrogens with two attached hydrogens (primary N) is 1. The Labute approximate surface area is 158 Å². The van der Waals surface area contributed by atoms with Gasteiger partial charge in [0.25, 0.3) is 5.91 Å². The van der Waals surface area contributed by atoms with Gasteiger partial charge in [-0.3, -0.25) is 4.79 Å². The van der Waals surface area contributed by atoms with E-state index in [1.807, 2.05) is 0 Å². The van der Waals surface area contributed by atoms with Crippen molar-refractivity contribution in [3.05, 3.63) is 12.3 Å². The quantitative estimate of drug-likeness (QED) is 0.761. The first kappa shape index (κ1) is 16.5. The van der Waals surface area contributed by atoms with Crippen LogP contribution in [0.2, 0.25) is 0 Å². The van der Waals surface area contributed by atoms with E-state index in [4.69, 9.17) is 20.2 Å².